The van der Waals surface area contributed by atoms with E-state index in [1.807, 2.05) is 49.4 Å². The number of aliphatic imine (C=N–C) groups is 1. The third kappa shape index (κ3) is 6.06. The molecule has 0 aliphatic carbocycles. The molecular formula is C16H18N4O2. The monoisotopic (exact) mass is 298 g/mol. The highest BCUT2D eigenvalue weighted by Gasteiger charge is 2.14. The second kappa shape index (κ2) is 9.95. The third-order valence-electron chi connectivity index (χ3n) is 2.82. The van der Waals surface area contributed by atoms with E-state index in [0.717, 1.165) is 5.56 Å². The molecule has 1 aromatic rings. The van der Waals surface area contributed by atoms with Gasteiger partial charge in [0.05, 0.1) is 12.1 Å². The van der Waals surface area contributed by atoms with E-state index in [4.69, 9.17) is 15.3 Å². The molecule has 0 aromatic heterocycles. The maximum Gasteiger partial charge on any atom is 0.407 e. The van der Waals surface area contributed by atoms with Crippen molar-refractivity contribution in [3.63, 3.8) is 0 Å². The Labute approximate surface area is 130 Å². The van der Waals surface area contributed by atoms with Gasteiger partial charge in [0.1, 0.15) is 6.61 Å². The topological polar surface area (TPSA) is 98.3 Å². The zero-order valence-electron chi connectivity index (χ0n) is 12.5. The van der Waals surface area contributed by atoms with Crippen molar-refractivity contribution in [3.05, 3.63) is 35.9 Å². The number of ether oxygens (including phenoxy) is 1. The van der Waals surface area contributed by atoms with Gasteiger partial charge >= 0.3 is 6.09 Å². The number of hydrogen-bond donors (Lipinski definition) is 1. The van der Waals surface area contributed by atoms with Crippen molar-refractivity contribution in [2.24, 2.45) is 10.9 Å². The smallest absolute Gasteiger partial charge is 0.407 e. The lowest BCUT2D eigenvalue weighted by Crippen LogP contribution is -2.28. The van der Waals surface area contributed by atoms with E-state index in [0.29, 0.717) is 18.7 Å². The van der Waals surface area contributed by atoms with Crippen molar-refractivity contribution < 1.29 is 9.53 Å². The van der Waals surface area contributed by atoms with Crippen molar-refractivity contribution in [2.45, 2.75) is 20.0 Å². The number of hydrogen-bond acceptors (Lipinski definition) is 5. The predicted molar refractivity (Wildman–Crippen MR) is 81.9 cm³/mol. The van der Waals surface area contributed by atoms with Crippen LogP contribution in [0.5, 0.6) is 0 Å². The molecule has 0 spiro atoms. The lowest BCUT2D eigenvalue weighted by atomic mass is 10.0. The van der Waals surface area contributed by atoms with Crippen LogP contribution in [0.25, 0.3) is 0 Å². The first-order chi connectivity index (χ1) is 10.7. The largest absolute Gasteiger partial charge is 0.445 e. The van der Waals surface area contributed by atoms with Gasteiger partial charge in [0, 0.05) is 25.2 Å². The SMILES string of the molecule is CCN=C(CCNC(=O)OCc1ccccc1)C(C#N)C#N. The summed E-state index contributed by atoms with van der Waals surface area (Å²) in [7, 11) is 0. The normalized spacial score (nSPS) is 10.6. The van der Waals surface area contributed by atoms with Crippen LogP contribution in [-0.4, -0.2) is 24.9 Å². The number of amides is 1. The molecule has 1 aromatic carbocycles. The highest BCUT2D eigenvalue weighted by Crippen LogP contribution is 2.03. The Morgan fingerprint density at radius 1 is 1.32 bits per heavy atom. The Morgan fingerprint density at radius 2 is 2.00 bits per heavy atom. The Kier molecular flexibility index (Phi) is 7.78. The van der Waals surface area contributed by atoms with Crippen LogP contribution in [0.4, 0.5) is 4.79 Å². The molecule has 0 fully saturated rings. The maximum atomic E-state index is 11.6. The Hall–Kier alpha value is -2.86. The molecule has 0 unspecified atom stereocenters. The van der Waals surface area contributed by atoms with E-state index >= 15 is 0 Å². The van der Waals surface area contributed by atoms with Gasteiger partial charge in [-0.3, -0.25) is 4.99 Å². The number of nitrogens with zero attached hydrogens (tertiary/aromatic N) is 3. The van der Waals surface area contributed by atoms with Crippen molar-refractivity contribution in [1.29, 1.82) is 10.5 Å². The lowest BCUT2D eigenvalue weighted by Gasteiger charge is -2.09. The molecule has 0 saturated carbocycles. The second-order valence-corrected chi connectivity index (χ2v) is 4.40. The number of carbonyl (C=O) groups is 1. The highest BCUT2D eigenvalue weighted by molar-refractivity contribution is 5.91. The van der Waals surface area contributed by atoms with Crippen LogP contribution in [0.1, 0.15) is 18.9 Å². The number of nitriles is 2. The van der Waals surface area contributed by atoms with E-state index < -0.39 is 12.0 Å². The van der Waals surface area contributed by atoms with Crippen LogP contribution in [0, 0.1) is 28.6 Å². The van der Waals surface area contributed by atoms with Gasteiger partial charge in [-0.1, -0.05) is 30.3 Å². The molecular weight excluding hydrogens is 280 g/mol. The van der Waals surface area contributed by atoms with Gasteiger partial charge in [-0.15, -0.1) is 0 Å². The summed E-state index contributed by atoms with van der Waals surface area (Å²) in [4.78, 5) is 15.7. The van der Waals surface area contributed by atoms with Gasteiger partial charge in [-0.25, -0.2) is 4.79 Å². The molecule has 0 aliphatic rings. The molecule has 6 nitrogen and oxygen atoms in total. The minimum absolute atomic E-state index is 0.196. The maximum absolute atomic E-state index is 11.6. The number of carbonyl (C=O) groups excluding carboxylic acids is 1. The van der Waals surface area contributed by atoms with Crippen LogP contribution in [0.2, 0.25) is 0 Å². The van der Waals surface area contributed by atoms with Gasteiger partial charge < -0.3 is 10.1 Å². The fraction of sp³-hybridized carbons (Fsp3) is 0.375. The Morgan fingerprint density at radius 3 is 2.59 bits per heavy atom. The van der Waals surface area contributed by atoms with Gasteiger partial charge in [0.2, 0.25) is 0 Å². The molecule has 114 valence electrons. The quantitative estimate of drug-likeness (QED) is 0.781. The summed E-state index contributed by atoms with van der Waals surface area (Å²) in [5.41, 5.74) is 1.38. The fourth-order valence-corrected chi connectivity index (χ4v) is 1.76. The van der Waals surface area contributed by atoms with E-state index in [-0.39, 0.29) is 13.2 Å². The average molecular weight is 298 g/mol. The van der Waals surface area contributed by atoms with E-state index in [2.05, 4.69) is 10.3 Å². The van der Waals surface area contributed by atoms with Crippen LogP contribution in [0.3, 0.4) is 0 Å². The fourth-order valence-electron chi connectivity index (χ4n) is 1.76. The van der Waals surface area contributed by atoms with Gasteiger partial charge in [0.15, 0.2) is 5.92 Å². The van der Waals surface area contributed by atoms with Gasteiger partial charge in [0.25, 0.3) is 0 Å². The van der Waals surface area contributed by atoms with Gasteiger partial charge in [-0.2, -0.15) is 10.5 Å². The summed E-state index contributed by atoms with van der Waals surface area (Å²) in [6.45, 7) is 2.79. The Balaban J connectivity index is 2.36. The van der Waals surface area contributed by atoms with Crippen LogP contribution < -0.4 is 5.32 Å². The Bertz CT molecular complexity index is 570. The summed E-state index contributed by atoms with van der Waals surface area (Å²) in [6.07, 6.45) is -0.190. The molecule has 1 N–H and O–H groups in total. The van der Waals surface area contributed by atoms with Crippen molar-refractivity contribution in [1.82, 2.24) is 5.32 Å². The number of alkyl carbamates (subject to hydrolysis) is 1. The van der Waals surface area contributed by atoms with Crippen molar-refractivity contribution in [3.8, 4) is 12.1 Å². The third-order valence-corrected chi connectivity index (χ3v) is 2.82. The predicted octanol–water partition coefficient (Wildman–Crippen LogP) is 2.43. The standard InChI is InChI=1S/C16H18N4O2/c1-2-19-15(14(10-17)11-18)8-9-20-16(21)22-12-13-6-4-3-5-7-13/h3-7,14H,2,8-9,12H2,1H3,(H,20,21). The summed E-state index contributed by atoms with van der Waals surface area (Å²) in [5, 5.41) is 20.3. The van der Waals surface area contributed by atoms with Crippen LogP contribution in [0.15, 0.2) is 35.3 Å². The molecule has 0 bridgehead atoms. The first-order valence-electron chi connectivity index (χ1n) is 6.98. The molecule has 0 atom stereocenters. The number of benzene rings is 1. The summed E-state index contributed by atoms with van der Waals surface area (Å²) < 4.78 is 5.06. The first kappa shape index (κ1) is 17.2. The minimum Gasteiger partial charge on any atom is -0.445 e. The van der Waals surface area contributed by atoms with Crippen LogP contribution >= 0.6 is 0 Å². The molecule has 0 radical (unpaired) electrons. The molecule has 0 heterocycles. The molecule has 0 aliphatic heterocycles. The molecule has 0 saturated heterocycles. The summed E-state index contributed by atoms with van der Waals surface area (Å²) in [6, 6.07) is 13.1. The van der Waals surface area contributed by atoms with Gasteiger partial charge in [-0.05, 0) is 12.5 Å². The molecule has 1 rings (SSSR count). The van der Waals surface area contributed by atoms with Crippen molar-refractivity contribution >= 4 is 11.8 Å². The number of rotatable bonds is 7. The molecule has 6 heteroatoms. The van der Waals surface area contributed by atoms with E-state index in [1.165, 1.54) is 0 Å². The average Bonchev–Trinajstić information content (AvgIpc) is 2.55. The van der Waals surface area contributed by atoms with Crippen LogP contribution in [-0.2, 0) is 11.3 Å². The lowest BCUT2D eigenvalue weighted by molar-refractivity contribution is 0.140. The molecule has 22 heavy (non-hydrogen) atoms. The zero-order chi connectivity index (χ0) is 16.2. The van der Waals surface area contributed by atoms with Crippen molar-refractivity contribution in [2.75, 3.05) is 13.1 Å². The zero-order valence-corrected chi connectivity index (χ0v) is 12.5. The summed E-state index contributed by atoms with van der Waals surface area (Å²) >= 11 is 0. The highest BCUT2D eigenvalue weighted by atomic mass is 16.5. The minimum atomic E-state index is -0.873. The molecule has 1 amide bonds. The summed E-state index contributed by atoms with van der Waals surface area (Å²) in [5.74, 6) is -0.873. The van der Waals surface area contributed by atoms with E-state index in [9.17, 15) is 4.79 Å². The number of nitrogens with one attached hydrogen (secondary N) is 1. The van der Waals surface area contributed by atoms with E-state index in [1.54, 1.807) is 0 Å². The second-order valence-electron chi connectivity index (χ2n) is 4.40. The first-order valence-corrected chi connectivity index (χ1v) is 6.98.